The van der Waals surface area contributed by atoms with Crippen LogP contribution >= 0.6 is 0 Å². The van der Waals surface area contributed by atoms with Gasteiger partial charge in [0.2, 0.25) is 0 Å². The molecule has 104 valence electrons. The molecule has 9 heteroatoms. The van der Waals surface area contributed by atoms with Crippen molar-refractivity contribution in [3.05, 3.63) is 36.2 Å². The number of carboxylic acid groups (broad SMARTS) is 1. The Morgan fingerprint density at radius 1 is 1.45 bits per heavy atom. The van der Waals surface area contributed by atoms with Gasteiger partial charge in [-0.2, -0.15) is 0 Å². The average molecular weight is 276 g/mol. The van der Waals surface area contributed by atoms with Crippen LogP contribution in [0.25, 0.3) is 0 Å². The smallest absolute Gasteiger partial charge is 0.356 e. The number of nitrogens with zero attached hydrogens (tertiary/aromatic N) is 4. The fraction of sp³-hybridized carbons (Fsp3) is 0.182. The van der Waals surface area contributed by atoms with Crippen molar-refractivity contribution in [2.24, 2.45) is 7.05 Å². The highest BCUT2D eigenvalue weighted by molar-refractivity contribution is 5.98. The van der Waals surface area contributed by atoms with Crippen molar-refractivity contribution in [3.63, 3.8) is 0 Å². The molecular weight excluding hydrogens is 264 g/mol. The van der Waals surface area contributed by atoms with Gasteiger partial charge in [-0.1, -0.05) is 0 Å². The van der Waals surface area contributed by atoms with E-state index in [0.29, 0.717) is 5.82 Å². The fourth-order valence-electron chi connectivity index (χ4n) is 1.47. The molecule has 2 rings (SSSR count). The first-order valence-electron chi connectivity index (χ1n) is 5.64. The van der Waals surface area contributed by atoms with Crippen LogP contribution in [0.4, 0.5) is 10.5 Å². The molecule has 0 unspecified atom stereocenters. The molecule has 20 heavy (non-hydrogen) atoms. The van der Waals surface area contributed by atoms with E-state index in [0.717, 1.165) is 0 Å². The number of carbonyl (C=O) groups excluding carboxylic acids is 1. The third-order valence-electron chi connectivity index (χ3n) is 2.47. The van der Waals surface area contributed by atoms with Crippen molar-refractivity contribution < 1.29 is 14.7 Å². The number of nitrogens with one attached hydrogen (secondary N) is 2. The van der Waals surface area contributed by atoms with E-state index in [1.807, 2.05) is 0 Å². The molecule has 0 atom stereocenters. The molecule has 0 spiro atoms. The Bertz CT molecular complexity index is 639. The Labute approximate surface area is 113 Å². The predicted molar refractivity (Wildman–Crippen MR) is 68.1 cm³/mol. The Kier molecular flexibility index (Phi) is 3.89. The summed E-state index contributed by atoms with van der Waals surface area (Å²) in [4.78, 5) is 26.3. The second-order valence-corrected chi connectivity index (χ2v) is 3.87. The van der Waals surface area contributed by atoms with E-state index in [4.69, 9.17) is 5.11 Å². The first kappa shape index (κ1) is 13.5. The van der Waals surface area contributed by atoms with Crippen molar-refractivity contribution in [2.75, 3.05) is 5.32 Å². The summed E-state index contributed by atoms with van der Waals surface area (Å²) in [5.41, 5.74) is -0.100. The van der Waals surface area contributed by atoms with Gasteiger partial charge in [0.15, 0.2) is 11.5 Å². The maximum Gasteiger partial charge on any atom is 0.356 e. The van der Waals surface area contributed by atoms with Crippen LogP contribution in [0.1, 0.15) is 16.3 Å². The molecule has 0 aromatic carbocycles. The van der Waals surface area contributed by atoms with E-state index in [2.05, 4.69) is 25.8 Å². The Hall–Kier alpha value is -2.97. The number of amides is 2. The molecule has 3 N–H and O–H groups in total. The minimum Gasteiger partial charge on any atom is -0.476 e. The van der Waals surface area contributed by atoms with E-state index < -0.39 is 12.0 Å². The minimum absolute atomic E-state index is 0.121. The van der Waals surface area contributed by atoms with E-state index >= 15 is 0 Å². The summed E-state index contributed by atoms with van der Waals surface area (Å²) in [5.74, 6) is -0.640. The highest BCUT2D eigenvalue weighted by atomic mass is 16.4. The van der Waals surface area contributed by atoms with Crippen LogP contribution in [0.15, 0.2) is 24.7 Å². The average Bonchev–Trinajstić information content (AvgIpc) is 2.82. The van der Waals surface area contributed by atoms with Crippen molar-refractivity contribution in [1.29, 1.82) is 0 Å². The first-order chi connectivity index (χ1) is 9.58. The van der Waals surface area contributed by atoms with E-state index in [9.17, 15) is 9.59 Å². The fourth-order valence-corrected chi connectivity index (χ4v) is 1.47. The highest BCUT2D eigenvalue weighted by Gasteiger charge is 2.13. The monoisotopic (exact) mass is 276 g/mol. The van der Waals surface area contributed by atoms with Gasteiger partial charge in [0.25, 0.3) is 0 Å². The summed E-state index contributed by atoms with van der Waals surface area (Å²) < 4.78 is 1.66. The lowest BCUT2D eigenvalue weighted by Gasteiger charge is -2.08. The lowest BCUT2D eigenvalue weighted by molar-refractivity contribution is 0.0691. The molecule has 0 bridgehead atoms. The molecule has 0 saturated heterocycles. The van der Waals surface area contributed by atoms with Crippen LogP contribution in [-0.4, -0.2) is 36.9 Å². The Morgan fingerprint density at radius 3 is 2.90 bits per heavy atom. The van der Waals surface area contributed by atoms with Gasteiger partial charge in [0.1, 0.15) is 6.33 Å². The van der Waals surface area contributed by atoms with Gasteiger partial charge in [-0.25, -0.2) is 14.6 Å². The number of aromatic carboxylic acids is 1. The number of hydrogen-bond acceptors (Lipinski definition) is 5. The van der Waals surface area contributed by atoms with E-state index in [-0.39, 0.29) is 17.9 Å². The zero-order valence-corrected chi connectivity index (χ0v) is 10.6. The van der Waals surface area contributed by atoms with Gasteiger partial charge in [-0.05, 0) is 12.1 Å². The van der Waals surface area contributed by atoms with Gasteiger partial charge in [-0.3, -0.25) is 0 Å². The summed E-state index contributed by atoms with van der Waals surface area (Å²) in [7, 11) is 1.75. The van der Waals surface area contributed by atoms with Gasteiger partial charge in [-0.15, -0.1) is 10.2 Å². The molecule has 0 aliphatic rings. The third-order valence-corrected chi connectivity index (χ3v) is 2.47. The van der Waals surface area contributed by atoms with Crippen LogP contribution in [0.3, 0.4) is 0 Å². The topological polar surface area (TPSA) is 122 Å². The number of carbonyl (C=O) groups is 2. The molecule has 0 aliphatic carbocycles. The number of aryl methyl sites for hydroxylation is 1. The number of anilines is 1. The van der Waals surface area contributed by atoms with Crippen LogP contribution in [0.2, 0.25) is 0 Å². The zero-order valence-electron chi connectivity index (χ0n) is 10.6. The summed E-state index contributed by atoms with van der Waals surface area (Å²) >= 11 is 0. The summed E-state index contributed by atoms with van der Waals surface area (Å²) in [6.07, 6.45) is 2.85. The molecular formula is C11H12N6O3. The number of carboxylic acids is 1. The maximum atomic E-state index is 11.7. The maximum absolute atomic E-state index is 11.7. The number of rotatable bonds is 4. The van der Waals surface area contributed by atoms with E-state index in [1.54, 1.807) is 11.6 Å². The highest BCUT2D eigenvalue weighted by Crippen LogP contribution is 2.11. The van der Waals surface area contributed by atoms with Crippen molar-refractivity contribution in [3.8, 4) is 0 Å². The number of hydrogen-bond donors (Lipinski definition) is 3. The summed E-state index contributed by atoms with van der Waals surface area (Å²) in [6.45, 7) is 0.172. The SMILES string of the molecule is Cn1cnnc1CNC(=O)Nc1cccnc1C(=O)O. The van der Waals surface area contributed by atoms with Gasteiger partial charge in [0.05, 0.1) is 12.2 Å². The molecule has 0 saturated carbocycles. The number of aromatic nitrogens is 4. The number of urea groups is 1. The standard InChI is InChI=1S/C11H12N6O3/c1-17-6-14-16-8(17)5-13-11(20)15-7-3-2-4-12-9(7)10(18)19/h2-4,6H,5H2,1H3,(H,18,19)(H2,13,15,20). The molecule has 2 aromatic rings. The molecule has 0 fully saturated rings. The van der Waals surface area contributed by atoms with Crippen molar-refractivity contribution in [1.82, 2.24) is 25.1 Å². The zero-order chi connectivity index (χ0) is 14.5. The lowest BCUT2D eigenvalue weighted by Crippen LogP contribution is -2.30. The lowest BCUT2D eigenvalue weighted by atomic mass is 10.3. The normalized spacial score (nSPS) is 10.1. The van der Waals surface area contributed by atoms with Crippen molar-refractivity contribution in [2.45, 2.75) is 6.54 Å². The largest absolute Gasteiger partial charge is 0.476 e. The quantitative estimate of drug-likeness (QED) is 0.734. The second kappa shape index (κ2) is 5.78. The molecule has 9 nitrogen and oxygen atoms in total. The van der Waals surface area contributed by atoms with Crippen LogP contribution in [-0.2, 0) is 13.6 Å². The minimum atomic E-state index is -1.21. The van der Waals surface area contributed by atoms with Crippen LogP contribution < -0.4 is 10.6 Å². The molecule has 0 aliphatic heterocycles. The molecule has 2 aromatic heterocycles. The Morgan fingerprint density at radius 2 is 2.25 bits per heavy atom. The van der Waals surface area contributed by atoms with Gasteiger partial charge < -0.3 is 20.3 Å². The van der Waals surface area contributed by atoms with Gasteiger partial charge in [0, 0.05) is 13.2 Å². The summed E-state index contributed by atoms with van der Waals surface area (Å²) in [6, 6.07) is 2.44. The van der Waals surface area contributed by atoms with Crippen molar-refractivity contribution >= 4 is 17.7 Å². The van der Waals surface area contributed by atoms with E-state index in [1.165, 1.54) is 24.7 Å². The molecule has 2 heterocycles. The summed E-state index contributed by atoms with van der Waals surface area (Å²) in [5, 5.41) is 21.4. The second-order valence-electron chi connectivity index (χ2n) is 3.87. The first-order valence-corrected chi connectivity index (χ1v) is 5.64. The third kappa shape index (κ3) is 3.07. The molecule has 0 radical (unpaired) electrons. The van der Waals surface area contributed by atoms with Gasteiger partial charge >= 0.3 is 12.0 Å². The molecule has 2 amide bonds. The van der Waals surface area contributed by atoms with Crippen LogP contribution in [0, 0.1) is 0 Å². The number of pyridine rings is 1. The predicted octanol–water partition coefficient (Wildman–Crippen LogP) is 0.230. The van der Waals surface area contributed by atoms with Crippen LogP contribution in [0.5, 0.6) is 0 Å². The Balaban J connectivity index is 1.98.